The summed E-state index contributed by atoms with van der Waals surface area (Å²) in [6, 6.07) is 4.31. The van der Waals surface area contributed by atoms with Crippen LogP contribution in [0, 0.1) is 5.82 Å². The van der Waals surface area contributed by atoms with Gasteiger partial charge < -0.3 is 4.74 Å². The summed E-state index contributed by atoms with van der Waals surface area (Å²) in [7, 11) is 1.50. The SMILES string of the molecule is COc1cc(F)ccc1C(C)=S. The largest absolute Gasteiger partial charge is 0.496 e. The lowest BCUT2D eigenvalue weighted by molar-refractivity contribution is 0.410. The van der Waals surface area contributed by atoms with Crippen molar-refractivity contribution in [3.8, 4) is 5.75 Å². The van der Waals surface area contributed by atoms with Gasteiger partial charge in [-0.1, -0.05) is 12.2 Å². The Balaban J connectivity index is 3.20. The molecular formula is C9H9FOS. The van der Waals surface area contributed by atoms with Gasteiger partial charge in [-0.25, -0.2) is 4.39 Å². The van der Waals surface area contributed by atoms with Gasteiger partial charge in [0, 0.05) is 16.5 Å². The number of benzene rings is 1. The maximum atomic E-state index is 12.7. The molecule has 0 radical (unpaired) electrons. The number of hydrogen-bond acceptors (Lipinski definition) is 2. The van der Waals surface area contributed by atoms with Crippen molar-refractivity contribution in [1.82, 2.24) is 0 Å². The van der Waals surface area contributed by atoms with Crippen LogP contribution in [-0.4, -0.2) is 12.0 Å². The fourth-order valence-electron chi connectivity index (χ4n) is 0.956. The van der Waals surface area contributed by atoms with Crippen molar-refractivity contribution in [1.29, 1.82) is 0 Å². The molecule has 1 aromatic carbocycles. The summed E-state index contributed by atoms with van der Waals surface area (Å²) in [5.74, 6) is 0.175. The van der Waals surface area contributed by atoms with Crippen molar-refractivity contribution in [3.63, 3.8) is 0 Å². The molecule has 1 rings (SSSR count). The number of ether oxygens (including phenoxy) is 1. The molecule has 1 nitrogen and oxygen atoms in total. The van der Waals surface area contributed by atoms with Gasteiger partial charge in [0.2, 0.25) is 0 Å². The standard InChI is InChI=1S/C9H9FOS/c1-6(12)8-4-3-7(10)5-9(8)11-2/h3-5H,1-2H3. The molecule has 0 heterocycles. The van der Waals surface area contributed by atoms with Gasteiger partial charge in [-0.3, -0.25) is 0 Å². The Morgan fingerprint density at radius 2 is 2.17 bits per heavy atom. The van der Waals surface area contributed by atoms with Crippen LogP contribution in [0.1, 0.15) is 12.5 Å². The smallest absolute Gasteiger partial charge is 0.130 e. The van der Waals surface area contributed by atoms with Crippen LogP contribution in [0.5, 0.6) is 5.75 Å². The lowest BCUT2D eigenvalue weighted by atomic mass is 10.1. The van der Waals surface area contributed by atoms with E-state index in [0.717, 1.165) is 5.56 Å². The molecule has 0 aliphatic heterocycles. The third-order valence-corrected chi connectivity index (χ3v) is 1.76. The van der Waals surface area contributed by atoms with Crippen LogP contribution in [0.25, 0.3) is 0 Å². The first-order chi connectivity index (χ1) is 5.65. The number of methoxy groups -OCH3 is 1. The second-order valence-corrected chi connectivity index (χ2v) is 3.01. The van der Waals surface area contributed by atoms with Gasteiger partial charge in [-0.05, 0) is 19.1 Å². The molecule has 0 unspecified atom stereocenters. The van der Waals surface area contributed by atoms with Crippen LogP contribution in [0.3, 0.4) is 0 Å². The Hall–Kier alpha value is -0.960. The molecule has 0 saturated heterocycles. The minimum absolute atomic E-state index is 0.313. The van der Waals surface area contributed by atoms with E-state index in [1.165, 1.54) is 19.2 Å². The summed E-state index contributed by atoms with van der Waals surface area (Å²) in [6.07, 6.45) is 0. The summed E-state index contributed by atoms with van der Waals surface area (Å²) >= 11 is 4.96. The predicted molar refractivity (Wildman–Crippen MR) is 50.3 cm³/mol. The van der Waals surface area contributed by atoms with Gasteiger partial charge in [0.15, 0.2) is 0 Å². The fraction of sp³-hybridized carbons (Fsp3) is 0.222. The zero-order valence-electron chi connectivity index (χ0n) is 6.93. The summed E-state index contributed by atoms with van der Waals surface area (Å²) in [5, 5.41) is 0. The molecular weight excluding hydrogens is 175 g/mol. The van der Waals surface area contributed by atoms with E-state index in [4.69, 9.17) is 17.0 Å². The lowest BCUT2D eigenvalue weighted by Crippen LogP contribution is -1.96. The third kappa shape index (κ3) is 1.80. The van der Waals surface area contributed by atoms with Crippen LogP contribution >= 0.6 is 12.2 Å². The van der Waals surface area contributed by atoms with Gasteiger partial charge in [0.1, 0.15) is 11.6 Å². The van der Waals surface area contributed by atoms with Gasteiger partial charge in [0.25, 0.3) is 0 Å². The lowest BCUT2D eigenvalue weighted by Gasteiger charge is -2.05. The van der Waals surface area contributed by atoms with Crippen LogP contribution < -0.4 is 4.74 Å². The van der Waals surface area contributed by atoms with Crippen LogP contribution in [0.2, 0.25) is 0 Å². The molecule has 0 aliphatic rings. The van der Waals surface area contributed by atoms with E-state index in [-0.39, 0.29) is 5.82 Å². The zero-order chi connectivity index (χ0) is 9.14. The van der Waals surface area contributed by atoms with Crippen molar-refractivity contribution >= 4 is 17.1 Å². The molecule has 0 aromatic heterocycles. The van der Waals surface area contributed by atoms with Crippen LogP contribution in [0.4, 0.5) is 4.39 Å². The number of halogens is 1. The highest BCUT2D eigenvalue weighted by atomic mass is 32.1. The first kappa shape index (κ1) is 9.13. The maximum Gasteiger partial charge on any atom is 0.130 e. The molecule has 64 valence electrons. The highest BCUT2D eigenvalue weighted by Crippen LogP contribution is 2.20. The van der Waals surface area contributed by atoms with Crippen LogP contribution in [0.15, 0.2) is 18.2 Å². The topological polar surface area (TPSA) is 9.23 Å². The van der Waals surface area contributed by atoms with E-state index in [1.807, 2.05) is 0 Å². The van der Waals surface area contributed by atoms with Crippen LogP contribution in [-0.2, 0) is 0 Å². The van der Waals surface area contributed by atoms with Crippen molar-refractivity contribution < 1.29 is 9.13 Å². The average Bonchev–Trinajstić information content (AvgIpc) is 2.03. The number of hydrogen-bond donors (Lipinski definition) is 0. The molecule has 0 N–H and O–H groups in total. The van der Waals surface area contributed by atoms with Gasteiger partial charge in [-0.15, -0.1) is 0 Å². The van der Waals surface area contributed by atoms with E-state index < -0.39 is 0 Å². The monoisotopic (exact) mass is 184 g/mol. The van der Waals surface area contributed by atoms with Gasteiger partial charge in [-0.2, -0.15) is 0 Å². The molecule has 0 aliphatic carbocycles. The predicted octanol–water partition coefficient (Wildman–Crippen LogP) is 2.57. The van der Waals surface area contributed by atoms with Crippen molar-refractivity contribution in [2.45, 2.75) is 6.92 Å². The summed E-state index contributed by atoms with van der Waals surface area (Å²) in [6.45, 7) is 1.78. The van der Waals surface area contributed by atoms with E-state index in [1.54, 1.807) is 13.0 Å². The normalized spacial score (nSPS) is 9.58. The molecule has 0 bridgehead atoms. The quantitative estimate of drug-likeness (QED) is 0.516. The van der Waals surface area contributed by atoms with E-state index in [0.29, 0.717) is 10.6 Å². The zero-order valence-corrected chi connectivity index (χ0v) is 7.74. The Morgan fingerprint density at radius 3 is 2.67 bits per heavy atom. The second-order valence-electron chi connectivity index (χ2n) is 2.40. The van der Waals surface area contributed by atoms with Gasteiger partial charge >= 0.3 is 0 Å². The number of thiocarbonyl (C=S) groups is 1. The van der Waals surface area contributed by atoms with E-state index in [9.17, 15) is 4.39 Å². The fourth-order valence-corrected chi connectivity index (χ4v) is 1.12. The highest BCUT2D eigenvalue weighted by molar-refractivity contribution is 7.80. The minimum atomic E-state index is -0.313. The van der Waals surface area contributed by atoms with Crippen molar-refractivity contribution in [3.05, 3.63) is 29.6 Å². The Labute approximate surface area is 76.2 Å². The average molecular weight is 184 g/mol. The Kier molecular flexibility index (Phi) is 2.76. The Bertz CT molecular complexity index is 309. The first-order valence-corrected chi connectivity index (χ1v) is 3.90. The molecule has 0 saturated carbocycles. The van der Waals surface area contributed by atoms with E-state index >= 15 is 0 Å². The summed E-state index contributed by atoms with van der Waals surface area (Å²) < 4.78 is 17.6. The molecule has 0 atom stereocenters. The summed E-state index contributed by atoms with van der Waals surface area (Å²) in [4.78, 5) is 0.701. The molecule has 1 aromatic rings. The first-order valence-electron chi connectivity index (χ1n) is 3.49. The molecule has 0 spiro atoms. The highest BCUT2D eigenvalue weighted by Gasteiger charge is 2.04. The Morgan fingerprint density at radius 1 is 1.50 bits per heavy atom. The van der Waals surface area contributed by atoms with Crippen molar-refractivity contribution in [2.24, 2.45) is 0 Å². The maximum absolute atomic E-state index is 12.7. The summed E-state index contributed by atoms with van der Waals surface area (Å²) in [5.41, 5.74) is 0.772. The molecule has 0 fully saturated rings. The molecule has 12 heavy (non-hydrogen) atoms. The number of rotatable bonds is 2. The van der Waals surface area contributed by atoms with Gasteiger partial charge in [0.05, 0.1) is 7.11 Å². The molecule has 0 amide bonds. The minimum Gasteiger partial charge on any atom is -0.496 e. The third-order valence-electron chi connectivity index (χ3n) is 1.54. The van der Waals surface area contributed by atoms with E-state index in [2.05, 4.69) is 0 Å². The second kappa shape index (κ2) is 3.63. The molecule has 3 heteroatoms. The van der Waals surface area contributed by atoms with Crippen molar-refractivity contribution in [2.75, 3.05) is 7.11 Å².